The molecule has 0 aliphatic heterocycles. The molecule has 3 heteroatoms. The molecule has 1 aromatic carbocycles. The van der Waals surface area contributed by atoms with Gasteiger partial charge < -0.3 is 10.1 Å². The van der Waals surface area contributed by atoms with Crippen molar-refractivity contribution in [1.82, 2.24) is 5.32 Å². The fourth-order valence-electron chi connectivity index (χ4n) is 1.58. The average molecular weight is 244 g/mol. The van der Waals surface area contributed by atoms with Crippen LogP contribution in [0.25, 0.3) is 0 Å². The van der Waals surface area contributed by atoms with E-state index in [0.717, 1.165) is 24.2 Å². The Labute approximate surface area is 109 Å². The molecule has 18 heavy (non-hydrogen) atoms. The third kappa shape index (κ3) is 5.13. The Bertz CT molecular complexity index is 446. The minimum absolute atomic E-state index is 0.623. The van der Waals surface area contributed by atoms with E-state index in [9.17, 15) is 0 Å². The first-order valence-electron chi connectivity index (χ1n) is 6.06. The van der Waals surface area contributed by atoms with Crippen LogP contribution in [0.5, 0.6) is 0 Å². The molecular weight excluding hydrogens is 224 g/mol. The van der Waals surface area contributed by atoms with Crippen molar-refractivity contribution in [2.45, 2.75) is 20.4 Å². The zero-order chi connectivity index (χ0) is 13.4. The van der Waals surface area contributed by atoms with Gasteiger partial charge in [0.05, 0.1) is 24.8 Å². The van der Waals surface area contributed by atoms with E-state index in [-0.39, 0.29) is 0 Å². The van der Waals surface area contributed by atoms with Crippen molar-refractivity contribution in [3.8, 4) is 6.07 Å². The molecule has 0 atom stereocenters. The summed E-state index contributed by atoms with van der Waals surface area (Å²) in [6.45, 7) is 10.7. The van der Waals surface area contributed by atoms with Gasteiger partial charge in [0, 0.05) is 13.1 Å². The fourth-order valence-corrected chi connectivity index (χ4v) is 1.58. The summed E-state index contributed by atoms with van der Waals surface area (Å²) in [5.41, 5.74) is 4.11. The van der Waals surface area contributed by atoms with Crippen LogP contribution in [-0.4, -0.2) is 19.8 Å². The molecule has 0 aliphatic carbocycles. The number of nitrogens with one attached hydrogen (secondary N) is 1. The molecule has 0 aliphatic rings. The van der Waals surface area contributed by atoms with Gasteiger partial charge in [-0.1, -0.05) is 18.2 Å². The lowest BCUT2D eigenvalue weighted by Crippen LogP contribution is -2.20. The average Bonchev–Trinajstić information content (AvgIpc) is 2.34. The summed E-state index contributed by atoms with van der Waals surface area (Å²) < 4.78 is 5.39. The molecule has 0 bridgehead atoms. The number of benzene rings is 1. The van der Waals surface area contributed by atoms with Crippen LogP contribution in [0, 0.1) is 18.3 Å². The maximum atomic E-state index is 8.78. The van der Waals surface area contributed by atoms with Gasteiger partial charge in [-0.15, -0.1) is 0 Å². The van der Waals surface area contributed by atoms with E-state index in [2.05, 4.69) is 18.0 Å². The Hall–Kier alpha value is -1.63. The third-order valence-corrected chi connectivity index (χ3v) is 2.56. The maximum Gasteiger partial charge on any atom is 0.0991 e. The monoisotopic (exact) mass is 244 g/mol. The lowest BCUT2D eigenvalue weighted by atomic mass is 10.1. The maximum absolute atomic E-state index is 8.78. The summed E-state index contributed by atoms with van der Waals surface area (Å²) in [7, 11) is 0. The van der Waals surface area contributed by atoms with Gasteiger partial charge in [0.15, 0.2) is 0 Å². The van der Waals surface area contributed by atoms with Crippen molar-refractivity contribution in [2.75, 3.05) is 19.8 Å². The number of aryl methyl sites for hydroxylation is 1. The summed E-state index contributed by atoms with van der Waals surface area (Å²) in [6.07, 6.45) is 0. The molecule has 1 aromatic rings. The number of rotatable bonds is 7. The highest BCUT2D eigenvalue weighted by Gasteiger charge is 1.99. The van der Waals surface area contributed by atoms with Crippen LogP contribution >= 0.6 is 0 Å². The van der Waals surface area contributed by atoms with E-state index >= 15 is 0 Å². The van der Waals surface area contributed by atoms with Crippen LogP contribution in [-0.2, 0) is 11.3 Å². The van der Waals surface area contributed by atoms with Crippen molar-refractivity contribution >= 4 is 0 Å². The lowest BCUT2D eigenvalue weighted by Gasteiger charge is -2.08. The van der Waals surface area contributed by atoms with E-state index in [1.807, 2.05) is 32.0 Å². The first-order valence-corrected chi connectivity index (χ1v) is 6.06. The van der Waals surface area contributed by atoms with Gasteiger partial charge in [0.1, 0.15) is 0 Å². The first-order chi connectivity index (χ1) is 8.63. The molecule has 0 fully saturated rings. The van der Waals surface area contributed by atoms with Gasteiger partial charge in [-0.2, -0.15) is 5.26 Å². The lowest BCUT2D eigenvalue weighted by molar-refractivity contribution is 0.157. The molecule has 0 saturated carbocycles. The molecular formula is C15H20N2O. The van der Waals surface area contributed by atoms with Crippen molar-refractivity contribution < 1.29 is 4.74 Å². The smallest absolute Gasteiger partial charge is 0.0991 e. The van der Waals surface area contributed by atoms with Crippen LogP contribution < -0.4 is 5.32 Å². The quantitative estimate of drug-likeness (QED) is 0.592. The number of nitrogens with zero attached hydrogens (tertiary/aromatic N) is 1. The van der Waals surface area contributed by atoms with Crippen molar-refractivity contribution in [2.24, 2.45) is 0 Å². The number of ether oxygens (including phenoxy) is 1. The Morgan fingerprint density at radius 2 is 2.28 bits per heavy atom. The fraction of sp³-hybridized carbons (Fsp3) is 0.400. The minimum Gasteiger partial charge on any atom is -0.376 e. The zero-order valence-electron chi connectivity index (χ0n) is 11.1. The van der Waals surface area contributed by atoms with Crippen molar-refractivity contribution in [3.05, 3.63) is 47.0 Å². The molecule has 0 heterocycles. The predicted octanol–water partition coefficient (Wildman–Crippen LogP) is 2.55. The Kier molecular flexibility index (Phi) is 6.13. The second-order valence-corrected chi connectivity index (χ2v) is 4.44. The van der Waals surface area contributed by atoms with E-state index in [1.165, 1.54) is 5.56 Å². The van der Waals surface area contributed by atoms with Crippen LogP contribution in [0.1, 0.15) is 23.6 Å². The highest BCUT2D eigenvalue weighted by Crippen LogP contribution is 2.10. The molecule has 0 unspecified atom stereocenters. The first kappa shape index (κ1) is 14.4. The van der Waals surface area contributed by atoms with Gasteiger partial charge >= 0.3 is 0 Å². The molecule has 1 rings (SSSR count). The van der Waals surface area contributed by atoms with E-state index in [0.29, 0.717) is 18.8 Å². The second-order valence-electron chi connectivity index (χ2n) is 4.44. The van der Waals surface area contributed by atoms with Crippen molar-refractivity contribution in [3.63, 3.8) is 0 Å². The normalized spacial score (nSPS) is 10.1. The summed E-state index contributed by atoms with van der Waals surface area (Å²) in [5.74, 6) is 0. The Morgan fingerprint density at radius 1 is 1.50 bits per heavy atom. The molecule has 1 N–H and O–H groups in total. The largest absolute Gasteiger partial charge is 0.376 e. The van der Waals surface area contributed by atoms with Gasteiger partial charge in [0.25, 0.3) is 0 Å². The number of nitriles is 1. The third-order valence-electron chi connectivity index (χ3n) is 2.56. The van der Waals surface area contributed by atoms with Gasteiger partial charge in [-0.3, -0.25) is 0 Å². The van der Waals surface area contributed by atoms with Crippen LogP contribution in [0.2, 0.25) is 0 Å². The van der Waals surface area contributed by atoms with E-state index < -0.39 is 0 Å². The number of hydrogen-bond donors (Lipinski definition) is 1. The molecule has 0 amide bonds. The summed E-state index contributed by atoms with van der Waals surface area (Å²) >= 11 is 0. The van der Waals surface area contributed by atoms with Crippen LogP contribution in [0.3, 0.4) is 0 Å². The minimum atomic E-state index is 0.623. The highest BCUT2D eigenvalue weighted by molar-refractivity contribution is 5.37. The zero-order valence-corrected chi connectivity index (χ0v) is 11.1. The second kappa shape index (κ2) is 7.65. The molecule has 0 aromatic heterocycles. The van der Waals surface area contributed by atoms with Crippen LogP contribution in [0.15, 0.2) is 30.4 Å². The predicted molar refractivity (Wildman–Crippen MR) is 73.2 cm³/mol. The molecule has 3 nitrogen and oxygen atoms in total. The topological polar surface area (TPSA) is 45.0 Å². The summed E-state index contributed by atoms with van der Waals surface area (Å²) in [6, 6.07) is 7.90. The Morgan fingerprint density at radius 3 is 2.89 bits per heavy atom. The van der Waals surface area contributed by atoms with Gasteiger partial charge in [0.2, 0.25) is 0 Å². The van der Waals surface area contributed by atoms with Crippen molar-refractivity contribution in [1.29, 1.82) is 5.26 Å². The standard InChI is InChI=1S/C15H20N2O/c1-12(2)11-18-7-6-17-10-15-5-4-14(9-16)8-13(15)3/h4-5,8,17H,1,6-7,10-11H2,2-3H3. The summed E-state index contributed by atoms with van der Waals surface area (Å²) in [4.78, 5) is 0. The van der Waals surface area contributed by atoms with Gasteiger partial charge in [-0.05, 0) is 37.1 Å². The van der Waals surface area contributed by atoms with Gasteiger partial charge in [-0.25, -0.2) is 0 Å². The van der Waals surface area contributed by atoms with Crippen LogP contribution in [0.4, 0.5) is 0 Å². The highest BCUT2D eigenvalue weighted by atomic mass is 16.5. The molecule has 96 valence electrons. The Balaban J connectivity index is 2.27. The number of hydrogen-bond acceptors (Lipinski definition) is 3. The molecule has 0 spiro atoms. The molecule has 0 saturated heterocycles. The molecule has 0 radical (unpaired) electrons. The SMILES string of the molecule is C=C(C)COCCNCc1ccc(C#N)cc1C. The van der Waals surface area contributed by atoms with E-state index in [4.69, 9.17) is 10.00 Å². The van der Waals surface area contributed by atoms with E-state index in [1.54, 1.807) is 0 Å². The summed E-state index contributed by atoms with van der Waals surface area (Å²) in [5, 5.41) is 12.1.